The summed E-state index contributed by atoms with van der Waals surface area (Å²) in [6.45, 7) is 3.53. The second-order valence-electron chi connectivity index (χ2n) is 1.18. The molecule has 0 saturated carbocycles. The number of diazo groups is 1. The molecule has 0 aromatic carbocycles. The average Bonchev–Trinajstić information content (AvgIpc) is 1.85. The van der Waals surface area contributed by atoms with Gasteiger partial charge >= 0.3 is 12.1 Å². The zero-order valence-corrected chi connectivity index (χ0v) is 4.82. The van der Waals surface area contributed by atoms with Gasteiger partial charge in [-0.15, -0.1) is 0 Å². The minimum atomic E-state index is -0.433. The predicted molar refractivity (Wildman–Crippen MR) is 31.9 cm³/mol. The number of aliphatic hydroxyl groups excluding tert-OH is 1. The summed E-state index contributed by atoms with van der Waals surface area (Å²) >= 11 is 0. The molecule has 4 nitrogen and oxygen atoms in total. The lowest BCUT2D eigenvalue weighted by Gasteiger charge is -1.92. The third-order valence-corrected chi connectivity index (χ3v) is 0.517. The zero-order valence-electron chi connectivity index (χ0n) is 4.82. The molecular formula is C5H7N2O2+. The van der Waals surface area contributed by atoms with Gasteiger partial charge in [0.15, 0.2) is 4.98 Å². The van der Waals surface area contributed by atoms with Crippen molar-refractivity contribution < 1.29 is 9.84 Å². The average molecular weight is 127 g/mol. The highest BCUT2D eigenvalue weighted by Crippen LogP contribution is 1.90. The smallest absolute Gasteiger partial charge is 0.429 e. The Balaban J connectivity index is 3.52. The molecule has 0 aliphatic heterocycles. The third-order valence-electron chi connectivity index (χ3n) is 0.517. The molecule has 0 unspecified atom stereocenters. The van der Waals surface area contributed by atoms with Gasteiger partial charge in [-0.2, -0.15) is 0 Å². The molecule has 0 amide bonds. The van der Waals surface area contributed by atoms with E-state index in [9.17, 15) is 0 Å². The topological polar surface area (TPSA) is 57.6 Å². The molecule has 0 saturated heterocycles. The van der Waals surface area contributed by atoms with E-state index >= 15 is 0 Å². The molecule has 0 aromatic heterocycles. The fourth-order valence-corrected chi connectivity index (χ4v) is 0.231. The summed E-state index contributed by atoms with van der Waals surface area (Å²) in [6, 6.07) is 0. The molecule has 0 atom stereocenters. The second-order valence-corrected chi connectivity index (χ2v) is 1.18. The molecular weight excluding hydrogens is 120 g/mol. The Labute approximate surface area is 52.7 Å². The van der Waals surface area contributed by atoms with Gasteiger partial charge in [-0.05, 0) is 0 Å². The van der Waals surface area contributed by atoms with E-state index in [4.69, 9.17) is 10.5 Å². The van der Waals surface area contributed by atoms with Crippen LogP contribution in [0.3, 0.4) is 0 Å². The monoisotopic (exact) mass is 127 g/mol. The van der Waals surface area contributed by atoms with Gasteiger partial charge < -0.3 is 9.84 Å². The summed E-state index contributed by atoms with van der Waals surface area (Å²) in [5.41, 5.74) is 0. The van der Waals surface area contributed by atoms with E-state index in [1.165, 1.54) is 6.08 Å². The maximum Gasteiger partial charge on any atom is 0.429 e. The Bertz CT molecular complexity index is 157. The van der Waals surface area contributed by atoms with Crippen molar-refractivity contribution in [2.75, 3.05) is 6.61 Å². The number of hydrogen-bond donors (Lipinski definition) is 1. The van der Waals surface area contributed by atoms with Crippen LogP contribution in [0.15, 0.2) is 24.8 Å². The van der Waals surface area contributed by atoms with Crippen molar-refractivity contribution in [2.45, 2.75) is 0 Å². The molecule has 0 aliphatic rings. The number of ether oxygens (including phenoxy) is 1. The SMILES string of the molecule is C=CCO/C(O)=C/[N+]#N. The van der Waals surface area contributed by atoms with Gasteiger partial charge in [0.2, 0.25) is 5.39 Å². The van der Waals surface area contributed by atoms with Crippen molar-refractivity contribution >= 4 is 0 Å². The lowest BCUT2D eigenvalue weighted by atomic mass is 10.7. The van der Waals surface area contributed by atoms with Crippen molar-refractivity contribution in [1.82, 2.24) is 0 Å². The maximum absolute atomic E-state index is 8.52. The first-order valence-electron chi connectivity index (χ1n) is 2.28. The van der Waals surface area contributed by atoms with Crippen LogP contribution in [0.4, 0.5) is 0 Å². The first-order chi connectivity index (χ1) is 4.31. The van der Waals surface area contributed by atoms with Crippen LogP contribution in [0.5, 0.6) is 0 Å². The first kappa shape index (κ1) is 7.50. The Hall–Kier alpha value is -1.50. The maximum atomic E-state index is 8.52. The normalized spacial score (nSPS) is 9.89. The molecule has 9 heavy (non-hydrogen) atoms. The lowest BCUT2D eigenvalue weighted by Crippen LogP contribution is -1.88. The van der Waals surface area contributed by atoms with E-state index in [1.807, 2.05) is 0 Å². The Morgan fingerprint density at radius 3 is 3.00 bits per heavy atom. The molecule has 0 heterocycles. The highest BCUT2D eigenvalue weighted by atomic mass is 16.6. The van der Waals surface area contributed by atoms with Crippen LogP contribution in [-0.2, 0) is 4.74 Å². The van der Waals surface area contributed by atoms with E-state index < -0.39 is 5.95 Å². The molecule has 0 bridgehead atoms. The molecule has 0 fully saturated rings. The van der Waals surface area contributed by atoms with Crippen LogP contribution >= 0.6 is 0 Å². The molecule has 0 aromatic rings. The second kappa shape index (κ2) is 4.65. The summed E-state index contributed by atoms with van der Waals surface area (Å²) in [7, 11) is 0. The number of hydrogen-bond acceptors (Lipinski definition) is 3. The summed E-state index contributed by atoms with van der Waals surface area (Å²) < 4.78 is 4.48. The first-order valence-corrected chi connectivity index (χ1v) is 2.28. The van der Waals surface area contributed by atoms with Crippen LogP contribution in [-0.4, -0.2) is 11.7 Å². The fraction of sp³-hybridized carbons (Fsp3) is 0.200. The molecule has 4 heteroatoms. The van der Waals surface area contributed by atoms with E-state index in [0.29, 0.717) is 0 Å². The third kappa shape index (κ3) is 4.35. The number of nitrogens with zero attached hydrogens (tertiary/aromatic N) is 2. The summed E-state index contributed by atoms with van der Waals surface area (Å²) in [5.74, 6) is -0.433. The standard InChI is InChI=1S/C5H6N2O2/c1-2-3-9-5(8)4-7-6/h2,4H,1,3H2/p+1/b5-4+. The van der Waals surface area contributed by atoms with E-state index in [1.54, 1.807) is 0 Å². The minimum Gasteiger partial charge on any atom is -0.476 e. The Morgan fingerprint density at radius 2 is 2.56 bits per heavy atom. The van der Waals surface area contributed by atoms with Gasteiger partial charge in [0.25, 0.3) is 0 Å². The lowest BCUT2D eigenvalue weighted by molar-refractivity contribution is 0.112. The quantitative estimate of drug-likeness (QED) is 0.354. The molecule has 1 N–H and O–H groups in total. The van der Waals surface area contributed by atoms with Crippen molar-refractivity contribution in [3.05, 3.63) is 29.8 Å². The van der Waals surface area contributed by atoms with Crippen LogP contribution < -0.4 is 0 Å². The Kier molecular flexibility index (Phi) is 3.88. The predicted octanol–water partition coefficient (Wildman–Crippen LogP) is 1.40. The molecule has 0 aliphatic carbocycles. The van der Waals surface area contributed by atoms with Gasteiger partial charge in [0.05, 0.1) is 0 Å². The van der Waals surface area contributed by atoms with Crippen LogP contribution in [0.1, 0.15) is 0 Å². The fourth-order valence-electron chi connectivity index (χ4n) is 0.231. The van der Waals surface area contributed by atoms with Gasteiger partial charge in [-0.3, -0.25) is 0 Å². The van der Waals surface area contributed by atoms with Crippen LogP contribution in [0.2, 0.25) is 0 Å². The largest absolute Gasteiger partial charge is 0.476 e. The van der Waals surface area contributed by atoms with Crippen LogP contribution in [0, 0.1) is 5.39 Å². The van der Waals surface area contributed by atoms with Crippen LogP contribution in [0.25, 0.3) is 4.98 Å². The molecule has 0 rings (SSSR count). The van der Waals surface area contributed by atoms with Gasteiger partial charge in [-0.1, -0.05) is 12.7 Å². The summed E-state index contributed by atoms with van der Waals surface area (Å²) in [5, 5.41) is 16.3. The van der Waals surface area contributed by atoms with Crippen molar-refractivity contribution in [1.29, 1.82) is 5.39 Å². The van der Waals surface area contributed by atoms with Crippen molar-refractivity contribution in [3.8, 4) is 0 Å². The minimum absolute atomic E-state index is 0.192. The van der Waals surface area contributed by atoms with Crippen molar-refractivity contribution in [2.24, 2.45) is 0 Å². The van der Waals surface area contributed by atoms with Gasteiger partial charge in [0.1, 0.15) is 6.61 Å². The number of rotatable bonds is 3. The van der Waals surface area contributed by atoms with E-state index in [2.05, 4.69) is 16.3 Å². The molecule has 0 spiro atoms. The van der Waals surface area contributed by atoms with E-state index in [-0.39, 0.29) is 6.61 Å². The highest BCUT2D eigenvalue weighted by Gasteiger charge is 1.96. The van der Waals surface area contributed by atoms with Gasteiger partial charge in [-0.25, -0.2) is 0 Å². The molecule has 0 radical (unpaired) electrons. The van der Waals surface area contributed by atoms with Gasteiger partial charge in [0, 0.05) is 0 Å². The number of aliphatic hydroxyl groups is 1. The highest BCUT2D eigenvalue weighted by molar-refractivity contribution is 4.88. The molecule has 48 valence electrons. The van der Waals surface area contributed by atoms with E-state index in [0.717, 1.165) is 6.20 Å². The summed E-state index contributed by atoms with van der Waals surface area (Å²) in [6.07, 6.45) is 2.24. The van der Waals surface area contributed by atoms with Crippen molar-refractivity contribution in [3.63, 3.8) is 0 Å². The summed E-state index contributed by atoms with van der Waals surface area (Å²) in [4.78, 5) is 2.52. The Morgan fingerprint density at radius 1 is 1.89 bits per heavy atom. The zero-order chi connectivity index (χ0) is 7.11.